The second-order valence-corrected chi connectivity index (χ2v) is 4.55. The second kappa shape index (κ2) is 4.55. The van der Waals surface area contributed by atoms with Gasteiger partial charge in [-0.1, -0.05) is 15.9 Å². The van der Waals surface area contributed by atoms with Crippen LogP contribution in [0, 0.1) is 0 Å². The normalized spacial score (nSPS) is 14.5. The van der Waals surface area contributed by atoms with E-state index in [1.165, 1.54) is 0 Å². The fourth-order valence-electron chi connectivity index (χ4n) is 1.05. The van der Waals surface area contributed by atoms with Gasteiger partial charge in [-0.3, -0.25) is 9.78 Å². The Hall–Kier alpha value is -0.900. The van der Waals surface area contributed by atoms with E-state index in [1.807, 2.05) is 0 Å². The topological polar surface area (TPSA) is 39.2 Å². The number of alkyl halides is 1. The molecule has 1 aromatic rings. The van der Waals surface area contributed by atoms with Crippen LogP contribution in [0.3, 0.4) is 0 Å². The van der Waals surface area contributed by atoms with Gasteiger partial charge in [-0.15, -0.1) is 0 Å². The number of rotatable bonds is 3. The molecule has 4 heteroatoms. The number of carbonyl (C=O) groups is 1. The van der Waals surface area contributed by atoms with Crippen LogP contribution >= 0.6 is 15.9 Å². The van der Waals surface area contributed by atoms with Crippen LogP contribution < -0.4 is 0 Å². The van der Waals surface area contributed by atoms with Crippen molar-refractivity contribution < 1.29 is 9.53 Å². The van der Waals surface area contributed by atoms with E-state index in [1.54, 1.807) is 38.4 Å². The lowest BCUT2D eigenvalue weighted by Gasteiger charge is -2.20. The van der Waals surface area contributed by atoms with Crippen molar-refractivity contribution in [3.05, 3.63) is 30.1 Å². The Morgan fingerprint density at radius 2 is 2.14 bits per heavy atom. The van der Waals surface area contributed by atoms with Gasteiger partial charge in [0.2, 0.25) is 0 Å². The van der Waals surface area contributed by atoms with E-state index in [0.717, 1.165) is 5.56 Å². The lowest BCUT2D eigenvalue weighted by atomic mass is 10.0. The van der Waals surface area contributed by atoms with Gasteiger partial charge in [-0.2, -0.15) is 0 Å². The summed E-state index contributed by atoms with van der Waals surface area (Å²) in [7, 11) is 0. The Balaban J connectivity index is 2.90. The largest absolute Gasteiger partial charge is 0.465 e. The number of aromatic nitrogens is 1. The summed E-state index contributed by atoms with van der Waals surface area (Å²) in [6, 6.07) is 3.57. The predicted molar refractivity (Wildman–Crippen MR) is 57.1 cm³/mol. The Kier molecular flexibility index (Phi) is 3.63. The van der Waals surface area contributed by atoms with Crippen molar-refractivity contribution in [2.45, 2.75) is 18.2 Å². The minimum Gasteiger partial charge on any atom is -0.465 e. The minimum atomic E-state index is -0.786. The minimum absolute atomic E-state index is 0.286. The van der Waals surface area contributed by atoms with E-state index in [9.17, 15) is 4.79 Å². The molecule has 0 amide bonds. The molecule has 0 aliphatic rings. The van der Waals surface area contributed by atoms with Crippen molar-refractivity contribution in [3.63, 3.8) is 0 Å². The van der Waals surface area contributed by atoms with Gasteiger partial charge < -0.3 is 4.74 Å². The van der Waals surface area contributed by atoms with Gasteiger partial charge in [0.25, 0.3) is 0 Å². The fourth-order valence-corrected chi connectivity index (χ4v) is 1.43. The molecule has 0 radical (unpaired) electrons. The van der Waals surface area contributed by atoms with Crippen LogP contribution in [-0.2, 0) is 13.9 Å². The second-order valence-electron chi connectivity index (χ2n) is 2.96. The summed E-state index contributed by atoms with van der Waals surface area (Å²) in [6.45, 7) is 3.93. The van der Waals surface area contributed by atoms with Crippen molar-refractivity contribution in [2.24, 2.45) is 0 Å². The molecule has 0 bridgehead atoms. The molecule has 0 saturated heterocycles. The zero-order valence-electron chi connectivity index (χ0n) is 8.16. The molecule has 0 fully saturated rings. The van der Waals surface area contributed by atoms with Crippen molar-refractivity contribution in [1.82, 2.24) is 4.98 Å². The molecule has 0 aromatic carbocycles. The van der Waals surface area contributed by atoms with Crippen molar-refractivity contribution in [3.8, 4) is 0 Å². The van der Waals surface area contributed by atoms with E-state index in [2.05, 4.69) is 20.9 Å². The van der Waals surface area contributed by atoms with Gasteiger partial charge in [0, 0.05) is 12.4 Å². The Morgan fingerprint density at radius 3 is 2.64 bits per heavy atom. The van der Waals surface area contributed by atoms with Crippen LogP contribution in [0.5, 0.6) is 0 Å². The first-order valence-corrected chi connectivity index (χ1v) is 5.15. The lowest BCUT2D eigenvalue weighted by Crippen LogP contribution is -2.27. The fraction of sp³-hybridized carbons (Fsp3) is 0.400. The molecule has 14 heavy (non-hydrogen) atoms. The van der Waals surface area contributed by atoms with E-state index in [0.29, 0.717) is 6.61 Å². The van der Waals surface area contributed by atoms with Crippen LogP contribution in [0.15, 0.2) is 24.5 Å². The predicted octanol–water partition coefficient (Wildman–Crippen LogP) is 2.25. The number of hydrogen-bond acceptors (Lipinski definition) is 3. The maximum atomic E-state index is 11.6. The van der Waals surface area contributed by atoms with Crippen LogP contribution in [0.4, 0.5) is 0 Å². The first-order valence-electron chi connectivity index (χ1n) is 4.35. The van der Waals surface area contributed by atoms with Crippen LogP contribution in [0.25, 0.3) is 0 Å². The molecule has 0 N–H and O–H groups in total. The molecule has 3 nitrogen and oxygen atoms in total. The summed E-state index contributed by atoms with van der Waals surface area (Å²) in [5.74, 6) is -0.286. The summed E-state index contributed by atoms with van der Waals surface area (Å²) in [5, 5.41) is 0. The van der Waals surface area contributed by atoms with Gasteiger partial charge in [0.05, 0.1) is 6.61 Å². The average molecular weight is 258 g/mol. The number of carbonyl (C=O) groups excluding carboxylic acids is 1. The first-order chi connectivity index (χ1) is 6.59. The van der Waals surface area contributed by atoms with Crippen molar-refractivity contribution >= 4 is 21.9 Å². The molecule has 0 aliphatic carbocycles. The average Bonchev–Trinajstić information content (AvgIpc) is 2.19. The van der Waals surface area contributed by atoms with Gasteiger partial charge in [0.1, 0.15) is 4.32 Å². The number of nitrogens with zero attached hydrogens (tertiary/aromatic N) is 1. The molecule has 1 atom stereocenters. The highest BCUT2D eigenvalue weighted by molar-refractivity contribution is 9.10. The van der Waals surface area contributed by atoms with E-state index in [4.69, 9.17) is 4.74 Å². The molecule has 0 saturated carbocycles. The molecular weight excluding hydrogens is 246 g/mol. The lowest BCUT2D eigenvalue weighted by molar-refractivity contribution is -0.145. The van der Waals surface area contributed by atoms with Gasteiger partial charge in [-0.05, 0) is 31.5 Å². The third-order valence-electron chi connectivity index (χ3n) is 1.88. The third kappa shape index (κ3) is 2.32. The van der Waals surface area contributed by atoms with E-state index in [-0.39, 0.29) is 5.97 Å². The Bertz CT molecular complexity index is 311. The summed E-state index contributed by atoms with van der Waals surface area (Å²) in [4.78, 5) is 15.5. The first kappa shape index (κ1) is 11.2. The molecule has 0 spiro atoms. The summed E-state index contributed by atoms with van der Waals surface area (Å²) < 4.78 is 4.17. The summed E-state index contributed by atoms with van der Waals surface area (Å²) >= 11 is 3.35. The third-order valence-corrected chi connectivity index (χ3v) is 2.66. The maximum absolute atomic E-state index is 11.6. The van der Waals surface area contributed by atoms with Crippen molar-refractivity contribution in [1.29, 1.82) is 0 Å². The standard InChI is InChI=1S/C10H12BrNO2/c1-3-14-9(13)10(2,11)8-4-6-12-7-5-8/h4-7H,3H2,1-2H3. The maximum Gasteiger partial charge on any atom is 0.327 e. The molecule has 1 unspecified atom stereocenters. The van der Waals surface area contributed by atoms with Crippen molar-refractivity contribution in [2.75, 3.05) is 6.61 Å². The van der Waals surface area contributed by atoms with E-state index >= 15 is 0 Å². The van der Waals surface area contributed by atoms with Gasteiger partial charge in [-0.25, -0.2) is 0 Å². The quantitative estimate of drug-likeness (QED) is 0.616. The highest BCUT2D eigenvalue weighted by Crippen LogP contribution is 2.31. The highest BCUT2D eigenvalue weighted by Gasteiger charge is 2.33. The van der Waals surface area contributed by atoms with Crippen LogP contribution in [0.2, 0.25) is 0 Å². The zero-order chi connectivity index (χ0) is 10.6. The number of esters is 1. The molecular formula is C10H12BrNO2. The van der Waals surface area contributed by atoms with E-state index < -0.39 is 4.32 Å². The summed E-state index contributed by atoms with van der Waals surface area (Å²) in [5.41, 5.74) is 0.839. The molecule has 0 aliphatic heterocycles. The Morgan fingerprint density at radius 1 is 1.57 bits per heavy atom. The molecule has 1 rings (SSSR count). The number of pyridine rings is 1. The molecule has 1 heterocycles. The number of ether oxygens (including phenoxy) is 1. The summed E-state index contributed by atoms with van der Waals surface area (Å²) in [6.07, 6.45) is 3.29. The SMILES string of the molecule is CCOC(=O)C(C)(Br)c1ccncc1. The van der Waals surface area contributed by atoms with Crippen LogP contribution in [0.1, 0.15) is 19.4 Å². The smallest absolute Gasteiger partial charge is 0.327 e. The van der Waals surface area contributed by atoms with Gasteiger partial charge in [0.15, 0.2) is 0 Å². The van der Waals surface area contributed by atoms with Crippen LogP contribution in [-0.4, -0.2) is 17.6 Å². The number of halogens is 1. The Labute approximate surface area is 91.6 Å². The zero-order valence-corrected chi connectivity index (χ0v) is 9.74. The molecule has 1 aromatic heterocycles. The highest BCUT2D eigenvalue weighted by atomic mass is 79.9. The molecule has 76 valence electrons. The number of hydrogen-bond donors (Lipinski definition) is 0. The van der Waals surface area contributed by atoms with Gasteiger partial charge >= 0.3 is 5.97 Å². The monoisotopic (exact) mass is 257 g/mol.